The van der Waals surface area contributed by atoms with Crippen molar-refractivity contribution in [1.82, 2.24) is 0 Å². The minimum atomic E-state index is 0.0938. The molecule has 0 aliphatic heterocycles. The van der Waals surface area contributed by atoms with Crippen LogP contribution in [-0.2, 0) is 13.2 Å². The first-order chi connectivity index (χ1) is 9.10. The van der Waals surface area contributed by atoms with Crippen LogP contribution in [0.3, 0.4) is 0 Å². The molecule has 0 amide bonds. The van der Waals surface area contributed by atoms with Gasteiger partial charge in [0.2, 0.25) is 0 Å². The second-order valence-corrected chi connectivity index (χ2v) is 5.07. The molecule has 2 heteroatoms. The smallest absolute Gasteiger partial charge is 0.0681 e. The van der Waals surface area contributed by atoms with Crippen LogP contribution in [0.2, 0.25) is 0 Å². The lowest BCUT2D eigenvalue weighted by atomic mass is 10.0. The fourth-order valence-corrected chi connectivity index (χ4v) is 2.14. The number of anilines is 1. The van der Waals surface area contributed by atoms with Gasteiger partial charge in [-0.15, -0.1) is 0 Å². The van der Waals surface area contributed by atoms with Gasteiger partial charge in [0.25, 0.3) is 0 Å². The van der Waals surface area contributed by atoms with E-state index in [-0.39, 0.29) is 6.61 Å². The first-order valence-corrected chi connectivity index (χ1v) is 6.60. The fourth-order valence-electron chi connectivity index (χ4n) is 2.14. The van der Waals surface area contributed by atoms with Gasteiger partial charge < -0.3 is 10.4 Å². The lowest BCUT2D eigenvalue weighted by molar-refractivity contribution is 0.282. The molecule has 0 atom stereocenters. The van der Waals surface area contributed by atoms with E-state index in [0.29, 0.717) is 0 Å². The third-order valence-electron chi connectivity index (χ3n) is 3.57. The molecule has 0 aliphatic rings. The first kappa shape index (κ1) is 13.6. The van der Waals surface area contributed by atoms with Crippen molar-refractivity contribution in [2.45, 2.75) is 33.9 Å². The molecule has 2 nitrogen and oxygen atoms in total. The minimum absolute atomic E-state index is 0.0938. The third-order valence-corrected chi connectivity index (χ3v) is 3.57. The zero-order valence-electron chi connectivity index (χ0n) is 11.8. The zero-order chi connectivity index (χ0) is 13.8. The quantitative estimate of drug-likeness (QED) is 0.872. The largest absolute Gasteiger partial charge is 0.392 e. The van der Waals surface area contributed by atoms with Gasteiger partial charge in [-0.05, 0) is 60.7 Å². The van der Waals surface area contributed by atoms with E-state index in [1.807, 2.05) is 24.3 Å². The highest BCUT2D eigenvalue weighted by Gasteiger charge is 2.02. The Labute approximate surface area is 115 Å². The Hall–Kier alpha value is -1.80. The summed E-state index contributed by atoms with van der Waals surface area (Å²) in [5.41, 5.74) is 7.34. The van der Waals surface area contributed by atoms with Gasteiger partial charge in [0.15, 0.2) is 0 Å². The number of aliphatic hydroxyl groups is 1. The van der Waals surface area contributed by atoms with Crippen LogP contribution >= 0.6 is 0 Å². The molecule has 2 aromatic rings. The van der Waals surface area contributed by atoms with Crippen molar-refractivity contribution in [3.05, 3.63) is 64.2 Å². The highest BCUT2D eigenvalue weighted by Crippen LogP contribution is 2.17. The minimum Gasteiger partial charge on any atom is -0.392 e. The molecule has 0 bridgehead atoms. The van der Waals surface area contributed by atoms with Gasteiger partial charge in [0.05, 0.1) is 6.61 Å². The van der Waals surface area contributed by atoms with Gasteiger partial charge in [-0.3, -0.25) is 0 Å². The molecule has 2 rings (SSSR count). The lowest BCUT2D eigenvalue weighted by Crippen LogP contribution is -2.02. The summed E-state index contributed by atoms with van der Waals surface area (Å²) < 4.78 is 0. The molecule has 0 spiro atoms. The number of hydrogen-bond acceptors (Lipinski definition) is 2. The van der Waals surface area contributed by atoms with Crippen molar-refractivity contribution in [3.63, 3.8) is 0 Å². The zero-order valence-corrected chi connectivity index (χ0v) is 11.8. The first-order valence-electron chi connectivity index (χ1n) is 6.60. The normalized spacial score (nSPS) is 10.5. The Morgan fingerprint density at radius 3 is 2.16 bits per heavy atom. The summed E-state index contributed by atoms with van der Waals surface area (Å²) >= 11 is 0. The maximum absolute atomic E-state index is 9.01. The van der Waals surface area contributed by atoms with Crippen molar-refractivity contribution >= 4 is 5.69 Å². The monoisotopic (exact) mass is 255 g/mol. The maximum Gasteiger partial charge on any atom is 0.0681 e. The average molecular weight is 255 g/mol. The molecule has 0 fully saturated rings. The van der Waals surface area contributed by atoms with Gasteiger partial charge in [-0.1, -0.05) is 24.3 Å². The number of nitrogens with one attached hydrogen (secondary N) is 1. The van der Waals surface area contributed by atoms with Crippen LogP contribution in [0, 0.1) is 20.8 Å². The summed E-state index contributed by atoms with van der Waals surface area (Å²) in [6, 6.07) is 12.4. The van der Waals surface area contributed by atoms with E-state index in [9.17, 15) is 0 Å². The lowest BCUT2D eigenvalue weighted by Gasteiger charge is -2.12. The topological polar surface area (TPSA) is 32.3 Å². The van der Waals surface area contributed by atoms with Gasteiger partial charge in [-0.2, -0.15) is 0 Å². The van der Waals surface area contributed by atoms with Crippen LogP contribution in [0.25, 0.3) is 0 Å². The third kappa shape index (κ3) is 3.36. The summed E-state index contributed by atoms with van der Waals surface area (Å²) in [7, 11) is 0. The molecule has 0 saturated carbocycles. The van der Waals surface area contributed by atoms with Crippen LogP contribution in [0.1, 0.15) is 27.8 Å². The molecule has 100 valence electrons. The predicted octanol–water partition coefficient (Wildman–Crippen LogP) is 3.72. The maximum atomic E-state index is 9.01. The number of rotatable bonds is 4. The number of hydrogen-bond donors (Lipinski definition) is 2. The molecule has 2 aromatic carbocycles. The van der Waals surface area contributed by atoms with Crippen LogP contribution in [0.15, 0.2) is 36.4 Å². The van der Waals surface area contributed by atoms with E-state index in [4.69, 9.17) is 5.11 Å². The van der Waals surface area contributed by atoms with E-state index >= 15 is 0 Å². The average Bonchev–Trinajstić information content (AvgIpc) is 2.42. The molecule has 0 unspecified atom stereocenters. The number of aliphatic hydroxyl groups excluding tert-OH is 1. The molecular formula is C17H21NO. The Morgan fingerprint density at radius 2 is 1.53 bits per heavy atom. The molecular weight excluding hydrogens is 234 g/mol. The van der Waals surface area contributed by atoms with Gasteiger partial charge in [0, 0.05) is 12.2 Å². The van der Waals surface area contributed by atoms with Gasteiger partial charge >= 0.3 is 0 Å². The highest BCUT2D eigenvalue weighted by atomic mass is 16.3. The summed E-state index contributed by atoms with van der Waals surface area (Å²) in [5.74, 6) is 0. The van der Waals surface area contributed by atoms with E-state index in [1.54, 1.807) is 0 Å². The summed E-state index contributed by atoms with van der Waals surface area (Å²) in [6.07, 6.45) is 0. The van der Waals surface area contributed by atoms with Gasteiger partial charge in [-0.25, -0.2) is 0 Å². The van der Waals surface area contributed by atoms with Crippen molar-refractivity contribution in [3.8, 4) is 0 Å². The van der Waals surface area contributed by atoms with Crippen LogP contribution in [-0.4, -0.2) is 5.11 Å². The predicted molar refractivity (Wildman–Crippen MR) is 80.3 cm³/mol. The van der Waals surface area contributed by atoms with E-state index < -0.39 is 0 Å². The number of benzene rings is 2. The van der Waals surface area contributed by atoms with E-state index in [1.165, 1.54) is 22.3 Å². The van der Waals surface area contributed by atoms with Crippen molar-refractivity contribution in [2.24, 2.45) is 0 Å². The Balaban J connectivity index is 2.07. The molecule has 0 saturated heterocycles. The molecule has 0 heterocycles. The van der Waals surface area contributed by atoms with Crippen LogP contribution < -0.4 is 5.32 Å². The Bertz CT molecular complexity index is 558. The molecule has 0 aromatic heterocycles. The van der Waals surface area contributed by atoms with Crippen molar-refractivity contribution in [2.75, 3.05) is 5.32 Å². The van der Waals surface area contributed by atoms with Crippen molar-refractivity contribution < 1.29 is 5.11 Å². The molecule has 0 aliphatic carbocycles. The standard InChI is InChI=1S/C17H21NO/c1-12-8-14(3)16(9-13(12)2)10-18-17-6-4-15(11-19)5-7-17/h4-9,18-19H,10-11H2,1-3H3. The highest BCUT2D eigenvalue weighted by molar-refractivity contribution is 5.46. The van der Waals surface area contributed by atoms with E-state index in [2.05, 4.69) is 38.2 Å². The van der Waals surface area contributed by atoms with Crippen LogP contribution in [0.5, 0.6) is 0 Å². The summed E-state index contributed by atoms with van der Waals surface area (Å²) in [5, 5.41) is 12.4. The van der Waals surface area contributed by atoms with Crippen LogP contribution in [0.4, 0.5) is 5.69 Å². The van der Waals surface area contributed by atoms with Crippen molar-refractivity contribution in [1.29, 1.82) is 0 Å². The summed E-state index contributed by atoms with van der Waals surface area (Å²) in [4.78, 5) is 0. The Kier molecular flexibility index (Phi) is 4.23. The summed E-state index contributed by atoms with van der Waals surface area (Å²) in [6.45, 7) is 7.36. The Morgan fingerprint density at radius 1 is 0.895 bits per heavy atom. The second kappa shape index (κ2) is 5.89. The number of aryl methyl sites for hydroxylation is 3. The second-order valence-electron chi connectivity index (χ2n) is 5.07. The molecule has 0 radical (unpaired) electrons. The molecule has 2 N–H and O–H groups in total. The van der Waals surface area contributed by atoms with Gasteiger partial charge in [0.1, 0.15) is 0 Å². The molecule has 19 heavy (non-hydrogen) atoms. The SMILES string of the molecule is Cc1cc(C)c(CNc2ccc(CO)cc2)cc1C. The fraction of sp³-hybridized carbons (Fsp3) is 0.294. The van der Waals surface area contributed by atoms with E-state index in [0.717, 1.165) is 17.8 Å².